The van der Waals surface area contributed by atoms with Crippen LogP contribution in [0.1, 0.15) is 28.5 Å². The van der Waals surface area contributed by atoms with Crippen molar-refractivity contribution in [1.82, 2.24) is 15.0 Å². The second kappa shape index (κ2) is 5.09. The molecule has 0 radical (unpaired) electrons. The number of rotatable bonds is 3. The molecule has 0 saturated heterocycles. The SMILES string of the molecule is CCOC(=O)c1nnn(-c2cc(C)ccc2C)c1N. The van der Waals surface area contributed by atoms with Crippen molar-refractivity contribution < 1.29 is 9.53 Å². The van der Waals surface area contributed by atoms with E-state index >= 15 is 0 Å². The molecular formula is C13H16N4O2. The monoisotopic (exact) mass is 260 g/mol. The first-order valence-corrected chi connectivity index (χ1v) is 6.00. The number of aryl methyl sites for hydroxylation is 2. The molecule has 2 N–H and O–H groups in total. The quantitative estimate of drug-likeness (QED) is 0.848. The summed E-state index contributed by atoms with van der Waals surface area (Å²) in [5.74, 6) is -0.372. The summed E-state index contributed by atoms with van der Waals surface area (Å²) in [5.41, 5.74) is 8.85. The summed E-state index contributed by atoms with van der Waals surface area (Å²) in [4.78, 5) is 11.6. The van der Waals surface area contributed by atoms with Crippen molar-refractivity contribution in [3.63, 3.8) is 0 Å². The number of nitrogen functional groups attached to an aromatic ring is 1. The van der Waals surface area contributed by atoms with Crippen LogP contribution < -0.4 is 5.73 Å². The van der Waals surface area contributed by atoms with Crippen LogP contribution in [0.5, 0.6) is 0 Å². The number of carbonyl (C=O) groups is 1. The Labute approximate surface area is 111 Å². The van der Waals surface area contributed by atoms with Crippen LogP contribution in [-0.4, -0.2) is 27.6 Å². The van der Waals surface area contributed by atoms with Crippen LogP contribution in [0.2, 0.25) is 0 Å². The average molecular weight is 260 g/mol. The zero-order chi connectivity index (χ0) is 14.0. The normalized spacial score (nSPS) is 10.5. The summed E-state index contributed by atoms with van der Waals surface area (Å²) < 4.78 is 6.33. The van der Waals surface area contributed by atoms with Gasteiger partial charge in [-0.3, -0.25) is 0 Å². The summed E-state index contributed by atoms with van der Waals surface area (Å²) in [5, 5.41) is 7.73. The summed E-state index contributed by atoms with van der Waals surface area (Å²) in [6.07, 6.45) is 0. The Morgan fingerprint density at radius 3 is 2.84 bits per heavy atom. The molecule has 6 nitrogen and oxygen atoms in total. The summed E-state index contributed by atoms with van der Waals surface area (Å²) in [6, 6.07) is 5.91. The lowest BCUT2D eigenvalue weighted by Crippen LogP contribution is -2.10. The Balaban J connectivity index is 2.47. The van der Waals surface area contributed by atoms with Gasteiger partial charge in [-0.15, -0.1) is 5.10 Å². The number of nitrogens with two attached hydrogens (primary N) is 1. The van der Waals surface area contributed by atoms with E-state index < -0.39 is 5.97 Å². The van der Waals surface area contributed by atoms with Gasteiger partial charge >= 0.3 is 5.97 Å². The first-order chi connectivity index (χ1) is 9.04. The molecule has 19 heavy (non-hydrogen) atoms. The van der Waals surface area contributed by atoms with Crippen molar-refractivity contribution in [1.29, 1.82) is 0 Å². The predicted octanol–water partition coefficient (Wildman–Crippen LogP) is 1.64. The van der Waals surface area contributed by atoms with Crippen molar-refractivity contribution in [3.8, 4) is 5.69 Å². The molecule has 0 aliphatic heterocycles. The second-order valence-electron chi connectivity index (χ2n) is 4.25. The Kier molecular flexibility index (Phi) is 3.50. The highest BCUT2D eigenvalue weighted by Gasteiger charge is 2.20. The third-order valence-electron chi connectivity index (χ3n) is 2.77. The number of carbonyl (C=O) groups excluding carboxylic acids is 1. The van der Waals surface area contributed by atoms with E-state index in [1.165, 1.54) is 4.68 Å². The number of benzene rings is 1. The van der Waals surface area contributed by atoms with Crippen LogP contribution >= 0.6 is 0 Å². The zero-order valence-electron chi connectivity index (χ0n) is 11.2. The standard InChI is InChI=1S/C13H16N4O2/c1-4-19-13(18)11-12(14)17(16-15-11)10-7-8(2)5-6-9(10)3/h5-7H,4,14H2,1-3H3. The van der Waals surface area contributed by atoms with E-state index in [0.29, 0.717) is 0 Å². The van der Waals surface area contributed by atoms with Crippen LogP contribution in [0.4, 0.5) is 5.82 Å². The van der Waals surface area contributed by atoms with Crippen LogP contribution in [0.15, 0.2) is 18.2 Å². The maximum atomic E-state index is 11.6. The third kappa shape index (κ3) is 2.42. The van der Waals surface area contributed by atoms with Gasteiger partial charge in [-0.05, 0) is 38.0 Å². The van der Waals surface area contributed by atoms with Gasteiger partial charge in [0.15, 0.2) is 5.82 Å². The molecule has 0 spiro atoms. The van der Waals surface area contributed by atoms with Gasteiger partial charge in [0.1, 0.15) is 0 Å². The lowest BCUT2D eigenvalue weighted by atomic mass is 10.1. The molecule has 0 aliphatic carbocycles. The fourth-order valence-electron chi connectivity index (χ4n) is 1.76. The molecule has 2 rings (SSSR count). The minimum Gasteiger partial charge on any atom is -0.461 e. The van der Waals surface area contributed by atoms with Gasteiger partial charge in [0, 0.05) is 0 Å². The van der Waals surface area contributed by atoms with Crippen LogP contribution in [-0.2, 0) is 4.74 Å². The van der Waals surface area contributed by atoms with Gasteiger partial charge in [0.25, 0.3) is 0 Å². The molecule has 1 aromatic heterocycles. The number of nitrogens with zero attached hydrogens (tertiary/aromatic N) is 3. The second-order valence-corrected chi connectivity index (χ2v) is 4.25. The van der Waals surface area contributed by atoms with Crippen molar-refractivity contribution >= 4 is 11.8 Å². The van der Waals surface area contributed by atoms with Gasteiger partial charge in [0.05, 0.1) is 12.3 Å². The Hall–Kier alpha value is -2.37. The molecule has 2 aromatic rings. The van der Waals surface area contributed by atoms with E-state index in [9.17, 15) is 4.79 Å². The van der Waals surface area contributed by atoms with Crippen molar-refractivity contribution in [3.05, 3.63) is 35.0 Å². The number of anilines is 1. The Bertz CT molecular complexity index is 619. The molecule has 0 aliphatic rings. The van der Waals surface area contributed by atoms with E-state index in [-0.39, 0.29) is 18.1 Å². The van der Waals surface area contributed by atoms with E-state index in [1.807, 2.05) is 32.0 Å². The summed E-state index contributed by atoms with van der Waals surface area (Å²) >= 11 is 0. The van der Waals surface area contributed by atoms with Crippen LogP contribution in [0, 0.1) is 13.8 Å². The number of hydrogen-bond acceptors (Lipinski definition) is 5. The lowest BCUT2D eigenvalue weighted by Gasteiger charge is -2.08. The minimum atomic E-state index is -0.559. The molecule has 0 bridgehead atoms. The van der Waals surface area contributed by atoms with E-state index in [1.54, 1.807) is 6.92 Å². The van der Waals surface area contributed by atoms with Crippen molar-refractivity contribution in [2.45, 2.75) is 20.8 Å². The summed E-state index contributed by atoms with van der Waals surface area (Å²) in [6.45, 7) is 5.92. The van der Waals surface area contributed by atoms with Crippen molar-refractivity contribution in [2.24, 2.45) is 0 Å². The van der Waals surface area contributed by atoms with E-state index in [0.717, 1.165) is 16.8 Å². The fourth-order valence-corrected chi connectivity index (χ4v) is 1.76. The third-order valence-corrected chi connectivity index (χ3v) is 2.77. The minimum absolute atomic E-state index is 0.0442. The van der Waals surface area contributed by atoms with Gasteiger partial charge < -0.3 is 10.5 Å². The lowest BCUT2D eigenvalue weighted by molar-refractivity contribution is 0.0520. The van der Waals surface area contributed by atoms with Crippen molar-refractivity contribution in [2.75, 3.05) is 12.3 Å². The summed E-state index contributed by atoms with van der Waals surface area (Å²) in [7, 11) is 0. The molecule has 0 unspecified atom stereocenters. The number of aromatic nitrogens is 3. The van der Waals surface area contributed by atoms with Crippen LogP contribution in [0.25, 0.3) is 5.69 Å². The first kappa shape index (κ1) is 13.1. The molecule has 0 saturated carbocycles. The number of hydrogen-bond donors (Lipinski definition) is 1. The topological polar surface area (TPSA) is 83.0 Å². The molecule has 6 heteroatoms. The number of ether oxygens (including phenoxy) is 1. The Morgan fingerprint density at radius 2 is 2.16 bits per heavy atom. The molecule has 1 aromatic carbocycles. The molecule has 0 fully saturated rings. The molecule has 100 valence electrons. The van der Waals surface area contributed by atoms with Gasteiger partial charge in [-0.2, -0.15) is 4.68 Å². The highest BCUT2D eigenvalue weighted by Crippen LogP contribution is 2.20. The van der Waals surface area contributed by atoms with E-state index in [4.69, 9.17) is 10.5 Å². The zero-order valence-corrected chi connectivity index (χ0v) is 11.2. The maximum absolute atomic E-state index is 11.6. The highest BCUT2D eigenvalue weighted by molar-refractivity contribution is 5.92. The molecule has 0 amide bonds. The maximum Gasteiger partial charge on any atom is 0.362 e. The molecule has 0 atom stereocenters. The largest absolute Gasteiger partial charge is 0.461 e. The van der Waals surface area contributed by atoms with Gasteiger partial charge in [-0.25, -0.2) is 4.79 Å². The number of esters is 1. The predicted molar refractivity (Wildman–Crippen MR) is 71.2 cm³/mol. The smallest absolute Gasteiger partial charge is 0.362 e. The molecular weight excluding hydrogens is 244 g/mol. The van der Waals surface area contributed by atoms with Gasteiger partial charge in [-0.1, -0.05) is 17.3 Å². The highest BCUT2D eigenvalue weighted by atomic mass is 16.5. The van der Waals surface area contributed by atoms with Crippen LogP contribution in [0.3, 0.4) is 0 Å². The van der Waals surface area contributed by atoms with Gasteiger partial charge in [0.2, 0.25) is 5.69 Å². The average Bonchev–Trinajstić information content (AvgIpc) is 2.74. The Morgan fingerprint density at radius 1 is 1.42 bits per heavy atom. The van der Waals surface area contributed by atoms with E-state index in [2.05, 4.69) is 10.3 Å². The first-order valence-electron chi connectivity index (χ1n) is 6.00. The molecule has 1 heterocycles. The fraction of sp³-hybridized carbons (Fsp3) is 0.308.